The average Bonchev–Trinajstić information content (AvgIpc) is 2.99. The first-order chi connectivity index (χ1) is 15.3. The van der Waals surface area contributed by atoms with Crippen LogP contribution in [-0.4, -0.2) is 22.9 Å². The zero-order chi connectivity index (χ0) is 22.9. The number of benzene rings is 2. The van der Waals surface area contributed by atoms with E-state index in [-0.39, 0.29) is 0 Å². The summed E-state index contributed by atoms with van der Waals surface area (Å²) in [5.41, 5.74) is 3.66. The Morgan fingerprint density at radius 1 is 1.19 bits per heavy atom. The van der Waals surface area contributed by atoms with Crippen LogP contribution in [0.15, 0.2) is 42.5 Å². The molecule has 0 radical (unpaired) electrons. The number of carbonyl (C=O) groups is 1. The van der Waals surface area contributed by atoms with Crippen molar-refractivity contribution in [1.82, 2.24) is 4.57 Å². The number of nitrogens with zero attached hydrogens (tertiary/aromatic N) is 2. The van der Waals surface area contributed by atoms with Crippen molar-refractivity contribution in [1.29, 1.82) is 5.26 Å². The zero-order valence-corrected chi connectivity index (χ0v) is 19.1. The molecule has 1 aliphatic carbocycles. The summed E-state index contributed by atoms with van der Waals surface area (Å²) in [5.74, 6) is 0.769. The van der Waals surface area contributed by atoms with Crippen LogP contribution >= 0.6 is 0 Å². The third kappa shape index (κ3) is 4.29. The van der Waals surface area contributed by atoms with E-state index in [0.717, 1.165) is 40.8 Å². The number of anilines is 1. The molecule has 1 N–H and O–H groups in total. The van der Waals surface area contributed by atoms with E-state index >= 15 is 0 Å². The maximum absolute atomic E-state index is 12.1. The van der Waals surface area contributed by atoms with Gasteiger partial charge in [-0.2, -0.15) is 5.26 Å². The number of aromatic nitrogens is 1. The first-order valence-electron chi connectivity index (χ1n) is 11.1. The quantitative estimate of drug-likeness (QED) is 0.491. The molecule has 4 rings (SSSR count). The molecule has 1 heterocycles. The van der Waals surface area contributed by atoms with Gasteiger partial charge in [0.2, 0.25) is 0 Å². The van der Waals surface area contributed by atoms with Gasteiger partial charge in [0.15, 0.2) is 0 Å². The van der Waals surface area contributed by atoms with Crippen molar-refractivity contribution in [3.8, 4) is 23.1 Å². The topological polar surface area (TPSA) is 76.3 Å². The lowest BCUT2D eigenvalue weighted by molar-refractivity contribution is 0.0636. The molecule has 0 atom stereocenters. The number of carbonyl (C=O) groups excluding carboxylic acids is 1. The van der Waals surface area contributed by atoms with E-state index in [1.165, 1.54) is 6.42 Å². The van der Waals surface area contributed by atoms with Crippen LogP contribution in [0.5, 0.6) is 5.75 Å². The maximum atomic E-state index is 12.1. The van der Waals surface area contributed by atoms with Crippen molar-refractivity contribution < 1.29 is 14.3 Å². The van der Waals surface area contributed by atoms with Crippen LogP contribution in [0.2, 0.25) is 0 Å². The van der Waals surface area contributed by atoms with Crippen LogP contribution in [0.3, 0.4) is 0 Å². The molecule has 1 saturated carbocycles. The molecule has 0 bridgehead atoms. The first-order valence-corrected chi connectivity index (χ1v) is 11.1. The Bertz CT molecular complexity index is 1180. The molecule has 166 valence electrons. The Morgan fingerprint density at radius 2 is 1.91 bits per heavy atom. The number of fused-ring (bicyclic) bond motifs is 1. The van der Waals surface area contributed by atoms with Gasteiger partial charge in [-0.05, 0) is 82.9 Å². The van der Waals surface area contributed by atoms with Gasteiger partial charge in [-0.25, -0.2) is 4.79 Å². The number of hydrogen-bond donors (Lipinski definition) is 1. The van der Waals surface area contributed by atoms with E-state index in [1.54, 1.807) is 0 Å². The van der Waals surface area contributed by atoms with Crippen molar-refractivity contribution >= 4 is 22.7 Å². The highest BCUT2D eigenvalue weighted by Gasteiger charge is 2.28. The first kappa shape index (κ1) is 21.8. The van der Waals surface area contributed by atoms with Crippen LogP contribution in [0.1, 0.15) is 58.6 Å². The molecule has 1 fully saturated rings. The van der Waals surface area contributed by atoms with Gasteiger partial charge in [0.1, 0.15) is 17.4 Å². The van der Waals surface area contributed by atoms with E-state index in [1.807, 2.05) is 64.1 Å². The predicted octanol–water partition coefficient (Wildman–Crippen LogP) is 6.65. The van der Waals surface area contributed by atoms with E-state index in [4.69, 9.17) is 9.47 Å². The number of amides is 1. The minimum atomic E-state index is -0.560. The highest BCUT2D eigenvalue weighted by molar-refractivity contribution is 5.96. The van der Waals surface area contributed by atoms with Gasteiger partial charge >= 0.3 is 6.09 Å². The lowest BCUT2D eigenvalue weighted by atomic mass is 9.92. The average molecular weight is 432 g/mol. The molecular weight excluding hydrogens is 402 g/mol. The number of ether oxygens (including phenoxy) is 2. The minimum absolute atomic E-state index is 0.382. The molecule has 1 aliphatic rings. The van der Waals surface area contributed by atoms with Gasteiger partial charge in [0, 0.05) is 17.1 Å². The number of nitriles is 1. The van der Waals surface area contributed by atoms with Gasteiger partial charge in [0.25, 0.3) is 0 Å². The Morgan fingerprint density at radius 3 is 2.47 bits per heavy atom. The lowest BCUT2D eigenvalue weighted by Crippen LogP contribution is -2.27. The highest BCUT2D eigenvalue weighted by Crippen LogP contribution is 2.43. The molecular formula is C26H29N3O3. The van der Waals surface area contributed by atoms with Gasteiger partial charge in [-0.1, -0.05) is 12.1 Å². The largest absolute Gasteiger partial charge is 0.494 e. The molecule has 3 aromatic rings. The van der Waals surface area contributed by atoms with Crippen LogP contribution in [0.25, 0.3) is 22.2 Å². The second-order valence-electron chi connectivity index (χ2n) is 9.11. The predicted molar refractivity (Wildman–Crippen MR) is 126 cm³/mol. The molecule has 0 saturated heterocycles. The summed E-state index contributed by atoms with van der Waals surface area (Å²) < 4.78 is 13.3. The highest BCUT2D eigenvalue weighted by atomic mass is 16.6. The molecule has 1 aromatic heterocycles. The summed E-state index contributed by atoms with van der Waals surface area (Å²) in [7, 11) is 0. The van der Waals surface area contributed by atoms with Crippen molar-refractivity contribution in [2.24, 2.45) is 0 Å². The van der Waals surface area contributed by atoms with Crippen LogP contribution in [0, 0.1) is 11.3 Å². The molecule has 0 unspecified atom stereocenters. The summed E-state index contributed by atoms with van der Waals surface area (Å²) >= 11 is 0. The normalized spacial score (nSPS) is 14.0. The standard InChI is InChI=1S/C26H29N3O3/c1-5-31-20-13-14-23-21(15-20)22(16-27)24(29(23)19-7-6-8-19)17-9-11-18(12-10-17)28-25(30)32-26(2,3)4/h9-15,19H,5-8H2,1-4H3,(H,28,30). The molecule has 2 aromatic carbocycles. The Labute approximate surface area is 188 Å². The third-order valence-corrected chi connectivity index (χ3v) is 5.64. The fraction of sp³-hybridized carbons (Fsp3) is 0.385. The summed E-state index contributed by atoms with van der Waals surface area (Å²) in [6.45, 7) is 8.02. The maximum Gasteiger partial charge on any atom is 0.412 e. The van der Waals surface area contributed by atoms with Crippen molar-refractivity contribution in [2.45, 2.75) is 58.6 Å². The second-order valence-corrected chi connectivity index (χ2v) is 9.11. The van der Waals surface area contributed by atoms with E-state index in [0.29, 0.717) is 23.9 Å². The summed E-state index contributed by atoms with van der Waals surface area (Å²) in [6.07, 6.45) is 2.91. The molecule has 1 amide bonds. The fourth-order valence-electron chi connectivity index (χ4n) is 4.10. The fourth-order valence-corrected chi connectivity index (χ4v) is 4.10. The van der Waals surface area contributed by atoms with Crippen molar-refractivity contribution in [3.05, 3.63) is 48.0 Å². The molecule has 6 heteroatoms. The molecule has 0 aliphatic heterocycles. The van der Waals surface area contributed by atoms with Gasteiger partial charge in [-0.15, -0.1) is 0 Å². The third-order valence-electron chi connectivity index (χ3n) is 5.64. The molecule has 6 nitrogen and oxygen atoms in total. The Kier molecular flexibility index (Phi) is 5.84. The number of nitrogens with one attached hydrogen (secondary N) is 1. The Hall–Kier alpha value is -3.46. The van der Waals surface area contributed by atoms with Crippen molar-refractivity contribution in [3.63, 3.8) is 0 Å². The monoisotopic (exact) mass is 431 g/mol. The van der Waals surface area contributed by atoms with E-state index < -0.39 is 11.7 Å². The van der Waals surface area contributed by atoms with Crippen LogP contribution in [0.4, 0.5) is 10.5 Å². The lowest BCUT2D eigenvalue weighted by Gasteiger charge is -2.30. The smallest absolute Gasteiger partial charge is 0.412 e. The number of rotatable bonds is 5. The minimum Gasteiger partial charge on any atom is -0.494 e. The van der Waals surface area contributed by atoms with Gasteiger partial charge in [-0.3, -0.25) is 5.32 Å². The summed E-state index contributed by atoms with van der Waals surface area (Å²) in [5, 5.41) is 13.8. The SMILES string of the molecule is CCOc1ccc2c(c1)c(C#N)c(-c1ccc(NC(=O)OC(C)(C)C)cc1)n2C1CCC1. The van der Waals surface area contributed by atoms with Gasteiger partial charge in [0.05, 0.1) is 23.4 Å². The zero-order valence-electron chi connectivity index (χ0n) is 19.1. The Balaban J connectivity index is 1.74. The van der Waals surface area contributed by atoms with Gasteiger partial charge < -0.3 is 14.0 Å². The van der Waals surface area contributed by atoms with Crippen molar-refractivity contribution in [2.75, 3.05) is 11.9 Å². The number of hydrogen-bond acceptors (Lipinski definition) is 4. The molecule has 32 heavy (non-hydrogen) atoms. The molecule has 0 spiro atoms. The summed E-state index contributed by atoms with van der Waals surface area (Å²) in [6, 6.07) is 16.4. The van der Waals surface area contributed by atoms with E-state index in [2.05, 4.69) is 22.0 Å². The summed E-state index contributed by atoms with van der Waals surface area (Å²) in [4.78, 5) is 12.1. The van der Waals surface area contributed by atoms with E-state index in [9.17, 15) is 10.1 Å². The van der Waals surface area contributed by atoms with Crippen LogP contribution < -0.4 is 10.1 Å². The second kappa shape index (κ2) is 8.58. The van der Waals surface area contributed by atoms with Crippen LogP contribution in [-0.2, 0) is 4.74 Å².